The SMILES string of the molecule is COc1cc(CCC(=O)NCc2ccc(COCC(F)(F)F)cc2)cc(OC)c1. The molecule has 29 heavy (non-hydrogen) atoms. The molecule has 158 valence electrons. The lowest BCUT2D eigenvalue weighted by Gasteiger charge is -2.10. The number of benzene rings is 2. The van der Waals surface area contributed by atoms with Gasteiger partial charge >= 0.3 is 6.18 Å². The number of halogens is 3. The summed E-state index contributed by atoms with van der Waals surface area (Å²) < 4.78 is 51.3. The molecule has 0 fully saturated rings. The largest absolute Gasteiger partial charge is 0.497 e. The highest BCUT2D eigenvalue weighted by Crippen LogP contribution is 2.23. The third kappa shape index (κ3) is 8.43. The molecule has 0 saturated carbocycles. The Balaban J connectivity index is 1.76. The molecular formula is C21H24F3NO4. The van der Waals surface area contributed by atoms with E-state index in [-0.39, 0.29) is 12.5 Å². The van der Waals surface area contributed by atoms with Gasteiger partial charge in [0.25, 0.3) is 0 Å². The molecule has 8 heteroatoms. The van der Waals surface area contributed by atoms with Gasteiger partial charge in [-0.1, -0.05) is 24.3 Å². The fourth-order valence-corrected chi connectivity index (χ4v) is 2.60. The zero-order valence-electron chi connectivity index (χ0n) is 16.3. The smallest absolute Gasteiger partial charge is 0.411 e. The Bertz CT molecular complexity index is 769. The number of alkyl halides is 3. The van der Waals surface area contributed by atoms with Crippen LogP contribution in [-0.2, 0) is 29.1 Å². The average Bonchev–Trinajstić information content (AvgIpc) is 2.70. The molecule has 0 spiro atoms. The summed E-state index contributed by atoms with van der Waals surface area (Å²) in [5.74, 6) is 1.22. The van der Waals surface area contributed by atoms with E-state index < -0.39 is 12.8 Å². The Hall–Kier alpha value is -2.74. The van der Waals surface area contributed by atoms with Gasteiger partial charge < -0.3 is 19.5 Å². The predicted molar refractivity (Wildman–Crippen MR) is 102 cm³/mol. The molecular weight excluding hydrogens is 387 g/mol. The first-order valence-electron chi connectivity index (χ1n) is 9.00. The van der Waals surface area contributed by atoms with E-state index in [2.05, 4.69) is 10.1 Å². The maximum Gasteiger partial charge on any atom is 0.411 e. The van der Waals surface area contributed by atoms with E-state index >= 15 is 0 Å². The summed E-state index contributed by atoms with van der Waals surface area (Å²) in [6.45, 7) is -1.05. The van der Waals surface area contributed by atoms with Crippen LogP contribution < -0.4 is 14.8 Å². The molecule has 0 aromatic heterocycles. The van der Waals surface area contributed by atoms with Crippen molar-refractivity contribution in [3.8, 4) is 11.5 Å². The summed E-state index contributed by atoms with van der Waals surface area (Å²) in [7, 11) is 3.14. The minimum atomic E-state index is -4.33. The van der Waals surface area contributed by atoms with Crippen LogP contribution in [0.25, 0.3) is 0 Å². The third-order valence-corrected chi connectivity index (χ3v) is 4.10. The van der Waals surface area contributed by atoms with E-state index in [1.165, 1.54) is 0 Å². The number of rotatable bonds is 10. The van der Waals surface area contributed by atoms with E-state index in [9.17, 15) is 18.0 Å². The summed E-state index contributed by atoms with van der Waals surface area (Å²) in [6, 6.07) is 12.3. The Kier molecular flexibility index (Phi) is 8.33. The van der Waals surface area contributed by atoms with Gasteiger partial charge in [0.15, 0.2) is 0 Å². The lowest BCUT2D eigenvalue weighted by atomic mass is 10.1. The molecule has 0 aliphatic rings. The van der Waals surface area contributed by atoms with Gasteiger partial charge in [-0.15, -0.1) is 0 Å². The first-order valence-corrected chi connectivity index (χ1v) is 9.00. The van der Waals surface area contributed by atoms with Crippen molar-refractivity contribution in [2.24, 2.45) is 0 Å². The summed E-state index contributed by atoms with van der Waals surface area (Å²) in [5, 5.41) is 2.83. The van der Waals surface area contributed by atoms with Crippen molar-refractivity contribution in [1.29, 1.82) is 0 Å². The number of carbonyl (C=O) groups excluding carboxylic acids is 1. The Morgan fingerprint density at radius 3 is 2.07 bits per heavy atom. The molecule has 0 radical (unpaired) electrons. The molecule has 2 aromatic rings. The number of amides is 1. The highest BCUT2D eigenvalue weighted by molar-refractivity contribution is 5.76. The van der Waals surface area contributed by atoms with E-state index in [4.69, 9.17) is 9.47 Å². The fourth-order valence-electron chi connectivity index (χ4n) is 2.60. The summed E-state index contributed by atoms with van der Waals surface area (Å²) in [5.41, 5.74) is 2.41. The van der Waals surface area contributed by atoms with Crippen LogP contribution in [0.3, 0.4) is 0 Å². The summed E-state index contributed by atoms with van der Waals surface area (Å²) in [6.07, 6.45) is -3.49. The van der Waals surface area contributed by atoms with Gasteiger partial charge in [-0.2, -0.15) is 13.2 Å². The quantitative estimate of drug-likeness (QED) is 0.641. The number of carbonyl (C=O) groups is 1. The molecule has 0 heterocycles. The van der Waals surface area contributed by atoms with Gasteiger partial charge in [-0.25, -0.2) is 0 Å². The molecule has 0 aliphatic carbocycles. The normalized spacial score (nSPS) is 11.2. The standard InChI is InChI=1S/C21H24F3NO4/c1-27-18-9-17(10-19(11-18)28-2)7-8-20(26)25-12-15-3-5-16(6-4-15)13-29-14-21(22,23)24/h3-6,9-11H,7-8,12-14H2,1-2H3,(H,25,26). The first-order chi connectivity index (χ1) is 13.8. The van der Waals surface area contributed by atoms with Gasteiger partial charge in [0, 0.05) is 19.0 Å². The summed E-state index contributed by atoms with van der Waals surface area (Å²) >= 11 is 0. The molecule has 1 N–H and O–H groups in total. The lowest BCUT2D eigenvalue weighted by molar-refractivity contribution is -0.176. The molecule has 1 amide bonds. The second-order valence-electron chi connectivity index (χ2n) is 6.42. The maximum atomic E-state index is 12.1. The zero-order chi connectivity index (χ0) is 21.3. The van der Waals surface area contributed by atoms with Crippen molar-refractivity contribution in [2.75, 3.05) is 20.8 Å². The lowest BCUT2D eigenvalue weighted by Crippen LogP contribution is -2.23. The van der Waals surface area contributed by atoms with Gasteiger partial charge in [-0.3, -0.25) is 4.79 Å². The summed E-state index contributed by atoms with van der Waals surface area (Å²) in [4.78, 5) is 12.1. The molecule has 0 saturated heterocycles. The highest BCUT2D eigenvalue weighted by atomic mass is 19.4. The van der Waals surface area contributed by atoms with E-state index in [0.717, 1.165) is 11.1 Å². The number of methoxy groups -OCH3 is 2. The number of ether oxygens (including phenoxy) is 3. The maximum absolute atomic E-state index is 12.1. The second-order valence-corrected chi connectivity index (χ2v) is 6.42. The molecule has 2 aromatic carbocycles. The molecule has 0 atom stereocenters. The van der Waals surface area contributed by atoms with Crippen LogP contribution in [0.4, 0.5) is 13.2 Å². The molecule has 0 aliphatic heterocycles. The van der Waals surface area contributed by atoms with E-state index in [1.807, 2.05) is 12.1 Å². The number of aryl methyl sites for hydroxylation is 1. The van der Waals surface area contributed by atoms with Crippen molar-refractivity contribution >= 4 is 5.91 Å². The van der Waals surface area contributed by atoms with Gasteiger partial charge in [0.2, 0.25) is 5.91 Å². The van der Waals surface area contributed by atoms with Crippen LogP contribution in [0.2, 0.25) is 0 Å². The Morgan fingerprint density at radius 1 is 0.931 bits per heavy atom. The predicted octanol–water partition coefficient (Wildman–Crippen LogP) is 4.03. The first kappa shape index (κ1) is 22.5. The third-order valence-electron chi connectivity index (χ3n) is 4.10. The second kappa shape index (κ2) is 10.7. The minimum absolute atomic E-state index is 0.107. The van der Waals surface area contributed by atoms with Crippen LogP contribution in [0, 0.1) is 0 Å². The fraction of sp³-hybridized carbons (Fsp3) is 0.381. The van der Waals surface area contributed by atoms with E-state index in [0.29, 0.717) is 36.4 Å². The highest BCUT2D eigenvalue weighted by Gasteiger charge is 2.27. The van der Waals surface area contributed by atoms with Crippen LogP contribution >= 0.6 is 0 Å². The van der Waals surface area contributed by atoms with Gasteiger partial charge in [0.1, 0.15) is 18.1 Å². The van der Waals surface area contributed by atoms with Crippen molar-refractivity contribution in [1.82, 2.24) is 5.32 Å². The van der Waals surface area contributed by atoms with Gasteiger partial charge in [-0.05, 0) is 35.2 Å². The monoisotopic (exact) mass is 411 g/mol. The van der Waals surface area contributed by atoms with Crippen molar-refractivity contribution in [3.63, 3.8) is 0 Å². The van der Waals surface area contributed by atoms with Crippen molar-refractivity contribution in [3.05, 3.63) is 59.2 Å². The zero-order valence-corrected chi connectivity index (χ0v) is 16.3. The number of nitrogens with one attached hydrogen (secondary N) is 1. The van der Waals surface area contributed by atoms with Crippen molar-refractivity contribution in [2.45, 2.75) is 32.2 Å². The Morgan fingerprint density at radius 2 is 1.52 bits per heavy atom. The molecule has 5 nitrogen and oxygen atoms in total. The average molecular weight is 411 g/mol. The van der Waals surface area contributed by atoms with Crippen LogP contribution in [0.5, 0.6) is 11.5 Å². The van der Waals surface area contributed by atoms with Crippen LogP contribution in [-0.4, -0.2) is 32.9 Å². The molecule has 0 bridgehead atoms. The van der Waals surface area contributed by atoms with Crippen LogP contribution in [0.1, 0.15) is 23.1 Å². The Labute approximate surface area is 167 Å². The molecule has 0 unspecified atom stereocenters. The topological polar surface area (TPSA) is 56.8 Å². The minimum Gasteiger partial charge on any atom is -0.497 e. The van der Waals surface area contributed by atoms with Crippen LogP contribution in [0.15, 0.2) is 42.5 Å². The van der Waals surface area contributed by atoms with E-state index in [1.54, 1.807) is 44.6 Å². The number of hydrogen-bond acceptors (Lipinski definition) is 4. The molecule has 2 rings (SSSR count). The van der Waals surface area contributed by atoms with Crippen molar-refractivity contribution < 1.29 is 32.2 Å². The van der Waals surface area contributed by atoms with Gasteiger partial charge in [0.05, 0.1) is 20.8 Å². The number of hydrogen-bond donors (Lipinski definition) is 1.